The van der Waals surface area contributed by atoms with Crippen LogP contribution in [0.15, 0.2) is 29.2 Å². The van der Waals surface area contributed by atoms with Gasteiger partial charge in [0.15, 0.2) is 0 Å². The molecular weight excluding hydrogens is 359 g/mol. The normalized spacial score (nSPS) is 16.5. The number of rotatable bonds is 3. The van der Waals surface area contributed by atoms with E-state index in [2.05, 4.69) is 10.2 Å². The Morgan fingerprint density at radius 3 is 2.62 bits per heavy atom. The second kappa shape index (κ2) is 7.16. The molecule has 1 fully saturated rings. The highest BCUT2D eigenvalue weighted by Gasteiger charge is 2.32. The molecule has 1 saturated heterocycles. The van der Waals surface area contributed by atoms with Gasteiger partial charge >= 0.3 is 0 Å². The van der Waals surface area contributed by atoms with Gasteiger partial charge in [-0.15, -0.1) is 0 Å². The minimum absolute atomic E-state index is 0.188. The zero-order chi connectivity index (χ0) is 18.9. The molecule has 0 unspecified atom stereocenters. The summed E-state index contributed by atoms with van der Waals surface area (Å²) in [5.74, 6) is -0.764. The lowest BCUT2D eigenvalue weighted by Gasteiger charge is -2.22. The Balaban J connectivity index is 1.77. The third kappa shape index (κ3) is 3.49. The van der Waals surface area contributed by atoms with Crippen molar-refractivity contribution in [3.05, 3.63) is 47.0 Å². The molecule has 0 bridgehead atoms. The van der Waals surface area contributed by atoms with Gasteiger partial charge in [-0.2, -0.15) is 9.40 Å². The first kappa shape index (κ1) is 18.5. The van der Waals surface area contributed by atoms with Crippen molar-refractivity contribution in [2.45, 2.75) is 25.2 Å². The highest BCUT2D eigenvalue weighted by Crippen LogP contribution is 2.23. The smallest absolute Gasteiger partial charge is 0.254 e. The summed E-state index contributed by atoms with van der Waals surface area (Å²) in [6.07, 6.45) is 0.510. The van der Waals surface area contributed by atoms with Gasteiger partial charge in [-0.05, 0) is 38.5 Å². The number of nitrogens with one attached hydrogen (secondary N) is 1. The summed E-state index contributed by atoms with van der Waals surface area (Å²) in [4.78, 5) is 14.3. The summed E-state index contributed by atoms with van der Waals surface area (Å²) in [7, 11) is -3.68. The third-order valence-electron chi connectivity index (χ3n) is 4.47. The van der Waals surface area contributed by atoms with E-state index in [-0.39, 0.29) is 29.5 Å². The summed E-state index contributed by atoms with van der Waals surface area (Å²) in [5, 5.41) is 6.66. The van der Waals surface area contributed by atoms with Gasteiger partial charge in [0.1, 0.15) is 10.7 Å². The van der Waals surface area contributed by atoms with E-state index in [1.165, 1.54) is 22.5 Å². The maximum atomic E-state index is 13.4. The number of halogens is 1. The molecule has 1 aromatic heterocycles. The van der Waals surface area contributed by atoms with Crippen molar-refractivity contribution in [3.63, 3.8) is 0 Å². The van der Waals surface area contributed by atoms with Gasteiger partial charge in [-0.3, -0.25) is 9.89 Å². The van der Waals surface area contributed by atoms with E-state index in [4.69, 9.17) is 0 Å². The molecule has 0 radical (unpaired) electrons. The largest absolute Gasteiger partial charge is 0.337 e. The monoisotopic (exact) mass is 380 g/mol. The van der Waals surface area contributed by atoms with Gasteiger partial charge in [0.2, 0.25) is 10.0 Å². The van der Waals surface area contributed by atoms with E-state index < -0.39 is 15.8 Å². The molecular formula is C17H21FN4O3S. The Bertz CT molecular complexity index is 906. The Hall–Kier alpha value is -2.26. The molecule has 1 aliphatic heterocycles. The lowest BCUT2D eigenvalue weighted by Crippen LogP contribution is -2.37. The summed E-state index contributed by atoms with van der Waals surface area (Å²) in [6, 6.07) is 5.52. The zero-order valence-corrected chi connectivity index (χ0v) is 15.5. The minimum Gasteiger partial charge on any atom is -0.337 e. The number of amides is 1. The molecule has 0 aliphatic carbocycles. The van der Waals surface area contributed by atoms with Crippen molar-refractivity contribution in [3.8, 4) is 0 Å². The van der Waals surface area contributed by atoms with Crippen LogP contribution in [0.25, 0.3) is 0 Å². The van der Waals surface area contributed by atoms with Crippen LogP contribution < -0.4 is 0 Å². The molecule has 1 amide bonds. The summed E-state index contributed by atoms with van der Waals surface area (Å²) >= 11 is 0. The van der Waals surface area contributed by atoms with E-state index in [1.54, 1.807) is 24.8 Å². The van der Waals surface area contributed by atoms with Crippen LogP contribution in [0, 0.1) is 19.7 Å². The molecule has 1 aromatic carbocycles. The van der Waals surface area contributed by atoms with Gasteiger partial charge in [0, 0.05) is 31.7 Å². The maximum absolute atomic E-state index is 13.4. The SMILES string of the molecule is Cc1n[nH]c(C)c1S(=O)(=O)N1CCCN(C(=O)c2cccc(F)c2)CC1. The lowest BCUT2D eigenvalue weighted by atomic mass is 10.2. The number of carbonyl (C=O) groups excluding carboxylic acids is 1. The number of hydrogen-bond donors (Lipinski definition) is 1. The molecule has 140 valence electrons. The number of sulfonamides is 1. The highest BCUT2D eigenvalue weighted by molar-refractivity contribution is 7.89. The first-order valence-corrected chi connectivity index (χ1v) is 9.81. The van der Waals surface area contributed by atoms with E-state index in [9.17, 15) is 17.6 Å². The fraction of sp³-hybridized carbons (Fsp3) is 0.412. The fourth-order valence-corrected chi connectivity index (χ4v) is 4.99. The van der Waals surface area contributed by atoms with E-state index in [0.29, 0.717) is 30.9 Å². The standard InChI is InChI=1S/C17H21FN4O3S/c1-12-16(13(2)20-19-12)26(24,25)22-8-4-7-21(9-10-22)17(23)14-5-3-6-15(18)11-14/h3,5-6,11H,4,7-10H2,1-2H3,(H,19,20). The van der Waals surface area contributed by atoms with Gasteiger partial charge in [0.25, 0.3) is 5.91 Å². The van der Waals surface area contributed by atoms with Crippen LogP contribution in [0.2, 0.25) is 0 Å². The van der Waals surface area contributed by atoms with Crippen LogP contribution in [-0.4, -0.2) is 59.9 Å². The van der Waals surface area contributed by atoms with E-state index in [0.717, 1.165) is 0 Å². The Kier molecular flexibility index (Phi) is 5.10. The van der Waals surface area contributed by atoms with Crippen LogP contribution in [0.1, 0.15) is 28.2 Å². The van der Waals surface area contributed by atoms with Crippen LogP contribution in [0.3, 0.4) is 0 Å². The van der Waals surface area contributed by atoms with E-state index in [1.807, 2.05) is 0 Å². The average Bonchev–Trinajstić information content (AvgIpc) is 2.81. The molecule has 1 aliphatic rings. The van der Waals surface area contributed by atoms with Gasteiger partial charge in [-0.25, -0.2) is 12.8 Å². The number of aromatic nitrogens is 2. The number of aryl methyl sites for hydroxylation is 2. The average molecular weight is 380 g/mol. The molecule has 1 N–H and O–H groups in total. The zero-order valence-electron chi connectivity index (χ0n) is 14.7. The molecule has 2 heterocycles. The van der Waals surface area contributed by atoms with Crippen LogP contribution in [0.5, 0.6) is 0 Å². The molecule has 0 atom stereocenters. The fourth-order valence-electron chi connectivity index (χ4n) is 3.19. The number of aromatic amines is 1. The quantitative estimate of drug-likeness (QED) is 0.878. The highest BCUT2D eigenvalue weighted by atomic mass is 32.2. The Morgan fingerprint density at radius 1 is 1.19 bits per heavy atom. The van der Waals surface area contributed by atoms with Crippen LogP contribution in [-0.2, 0) is 10.0 Å². The van der Waals surface area contributed by atoms with Gasteiger partial charge in [0.05, 0.1) is 11.4 Å². The molecule has 3 rings (SSSR count). The molecule has 7 nitrogen and oxygen atoms in total. The second-order valence-electron chi connectivity index (χ2n) is 6.32. The predicted molar refractivity (Wildman–Crippen MR) is 93.7 cm³/mol. The molecule has 0 spiro atoms. The minimum atomic E-state index is -3.68. The number of carbonyl (C=O) groups is 1. The molecule has 9 heteroatoms. The van der Waals surface area contributed by atoms with Crippen molar-refractivity contribution in [1.82, 2.24) is 19.4 Å². The van der Waals surface area contributed by atoms with Gasteiger partial charge < -0.3 is 4.90 Å². The first-order chi connectivity index (χ1) is 12.3. The number of hydrogen-bond acceptors (Lipinski definition) is 4. The summed E-state index contributed by atoms with van der Waals surface area (Å²) in [5.41, 5.74) is 1.20. The van der Waals surface area contributed by atoms with Crippen LogP contribution >= 0.6 is 0 Å². The van der Waals surface area contributed by atoms with Crippen LogP contribution in [0.4, 0.5) is 4.39 Å². The Labute approximate surface area is 151 Å². The van der Waals surface area contributed by atoms with Crippen molar-refractivity contribution in [2.75, 3.05) is 26.2 Å². The van der Waals surface area contributed by atoms with Crippen molar-refractivity contribution in [1.29, 1.82) is 0 Å². The van der Waals surface area contributed by atoms with Crippen molar-refractivity contribution in [2.24, 2.45) is 0 Å². The first-order valence-electron chi connectivity index (χ1n) is 8.37. The Morgan fingerprint density at radius 2 is 1.96 bits per heavy atom. The summed E-state index contributed by atoms with van der Waals surface area (Å²) < 4.78 is 40.6. The molecule has 26 heavy (non-hydrogen) atoms. The number of benzene rings is 1. The third-order valence-corrected chi connectivity index (χ3v) is 6.63. The number of H-pyrrole nitrogens is 1. The number of nitrogens with zero attached hydrogens (tertiary/aromatic N) is 3. The molecule has 2 aromatic rings. The maximum Gasteiger partial charge on any atom is 0.254 e. The van der Waals surface area contributed by atoms with Crippen molar-refractivity contribution >= 4 is 15.9 Å². The second-order valence-corrected chi connectivity index (χ2v) is 8.20. The summed E-state index contributed by atoms with van der Waals surface area (Å²) in [6.45, 7) is 4.50. The van der Waals surface area contributed by atoms with Gasteiger partial charge in [-0.1, -0.05) is 6.07 Å². The topological polar surface area (TPSA) is 86.4 Å². The lowest BCUT2D eigenvalue weighted by molar-refractivity contribution is 0.0763. The van der Waals surface area contributed by atoms with Crippen molar-refractivity contribution < 1.29 is 17.6 Å². The molecule has 0 saturated carbocycles. The predicted octanol–water partition coefficient (Wildman–Crippen LogP) is 1.70. The van der Waals surface area contributed by atoms with E-state index >= 15 is 0 Å².